The molecule has 0 N–H and O–H groups in total. The van der Waals surface area contributed by atoms with Gasteiger partial charge in [0.15, 0.2) is 16.1 Å². The number of anilines is 8. The lowest BCUT2D eigenvalue weighted by molar-refractivity contribution is 0.195. The molecule has 95 heavy (non-hydrogen) atoms. The van der Waals surface area contributed by atoms with Gasteiger partial charge >= 0.3 is 0 Å². The molecule has 1 fully saturated rings. The Morgan fingerprint density at radius 3 is 1.21 bits per heavy atom. The Balaban J connectivity index is 0.993. The van der Waals surface area contributed by atoms with Gasteiger partial charge in [-0.2, -0.15) is 0 Å². The molecule has 0 amide bonds. The Bertz CT molecular complexity index is 4460. The van der Waals surface area contributed by atoms with Crippen molar-refractivity contribution in [1.29, 1.82) is 0 Å². The van der Waals surface area contributed by atoms with Gasteiger partial charge in [-0.1, -0.05) is 310 Å². The maximum absolute atomic E-state index is 2.91. The summed E-state index contributed by atoms with van der Waals surface area (Å²) in [5, 5.41) is 10.8. The van der Waals surface area contributed by atoms with Crippen LogP contribution in [0.2, 0.25) is 0 Å². The van der Waals surface area contributed by atoms with Crippen LogP contribution in [0.15, 0.2) is 297 Å². The standard InChI is InChI=1S/C89H84BN3Si2/c1-63-58-78-85-80(59-63)90-79-60-65(87(5,6)7)44-55-81(79)92(68-45-42-64(43-46-68)86(2,3)4)82-61-69(62-83(84(82)90)93(85)89(9)57-29-28-56-88(78,89)8)91(66-47-51-76(52-48-66)94(70-30-16-10-17-31-70,71-32-18-11-19-33-71)72-34-20-12-21-35-72)67-49-53-77(54-50-67)95(73-36-22-13-23-37-73,74-38-24-14-25-39-74)75-40-26-15-27-41-75/h10-27,30-55,58-62H,28-29,56-57H2,1-9H3. The molecule has 3 nitrogen and oxygen atoms in total. The van der Waals surface area contributed by atoms with Crippen LogP contribution in [0.1, 0.15) is 103 Å². The highest BCUT2D eigenvalue weighted by Gasteiger charge is 2.61. The molecule has 16 rings (SSSR count). The summed E-state index contributed by atoms with van der Waals surface area (Å²) >= 11 is 0. The van der Waals surface area contributed by atoms with Crippen molar-refractivity contribution in [3.8, 4) is 0 Å². The van der Waals surface area contributed by atoms with E-state index in [1.54, 1.807) is 0 Å². The summed E-state index contributed by atoms with van der Waals surface area (Å²) in [7, 11) is -5.79. The first-order chi connectivity index (χ1) is 46.0. The highest BCUT2D eigenvalue weighted by atomic mass is 28.3. The maximum Gasteiger partial charge on any atom is 0.252 e. The quantitative estimate of drug-likeness (QED) is 0.0892. The van der Waals surface area contributed by atoms with Crippen LogP contribution in [0.5, 0.6) is 0 Å². The zero-order chi connectivity index (χ0) is 65.1. The van der Waals surface area contributed by atoms with Gasteiger partial charge in [0.25, 0.3) is 6.71 Å². The van der Waals surface area contributed by atoms with Gasteiger partial charge in [0.1, 0.15) is 0 Å². The fraction of sp³-hybridized carbons (Fsp3) is 0.191. The van der Waals surface area contributed by atoms with Crippen molar-refractivity contribution in [3.63, 3.8) is 0 Å². The van der Waals surface area contributed by atoms with Crippen LogP contribution < -0.4 is 72.6 Å². The predicted octanol–water partition coefficient (Wildman–Crippen LogP) is 15.2. The van der Waals surface area contributed by atoms with E-state index in [1.165, 1.54) is 121 Å². The van der Waals surface area contributed by atoms with Crippen LogP contribution in [0.3, 0.4) is 0 Å². The van der Waals surface area contributed by atoms with Crippen molar-refractivity contribution in [3.05, 3.63) is 320 Å². The van der Waals surface area contributed by atoms with Crippen LogP contribution in [0.4, 0.5) is 45.5 Å². The molecule has 1 aliphatic carbocycles. The van der Waals surface area contributed by atoms with Crippen molar-refractivity contribution in [2.45, 2.75) is 110 Å². The molecule has 1 saturated carbocycles. The van der Waals surface area contributed by atoms with E-state index >= 15 is 0 Å². The van der Waals surface area contributed by atoms with E-state index in [-0.39, 0.29) is 28.5 Å². The summed E-state index contributed by atoms with van der Waals surface area (Å²) in [6.07, 6.45) is 4.70. The largest absolute Gasteiger partial charge is 0.335 e. The monoisotopic (exact) mass is 1260 g/mol. The minimum atomic E-state index is -2.89. The molecule has 2 atom stereocenters. The summed E-state index contributed by atoms with van der Waals surface area (Å²) < 4.78 is 0. The van der Waals surface area contributed by atoms with Gasteiger partial charge in [0, 0.05) is 45.2 Å². The SMILES string of the molecule is Cc1cc2c3c(c1)C1(C)CCCCC1(C)N3c1cc(N(c3ccc([Si](c4ccccc4)(c4ccccc4)c4ccccc4)cc3)c3ccc([Si](c4ccccc4)(c4ccccc4)c4ccccc4)cc3)cc3c1B2c1cc(C(C)(C)C)ccc1N3c1ccc(C(C)(C)C)cc1. The number of aryl methyl sites for hydroxylation is 1. The summed E-state index contributed by atoms with van der Waals surface area (Å²) in [5.41, 5.74) is 19.2. The van der Waals surface area contributed by atoms with E-state index in [1.807, 2.05) is 0 Å². The number of rotatable bonds is 12. The topological polar surface area (TPSA) is 9.72 Å². The molecule has 0 spiro atoms. The second kappa shape index (κ2) is 22.9. The molecule has 0 saturated heterocycles. The van der Waals surface area contributed by atoms with Gasteiger partial charge < -0.3 is 14.7 Å². The van der Waals surface area contributed by atoms with Crippen LogP contribution in [0, 0.1) is 6.92 Å². The predicted molar refractivity (Wildman–Crippen MR) is 413 cm³/mol. The zero-order valence-corrected chi connectivity index (χ0v) is 58.5. The average molecular weight is 1260 g/mol. The first-order valence-corrected chi connectivity index (χ1v) is 38.6. The van der Waals surface area contributed by atoms with Crippen LogP contribution >= 0.6 is 0 Å². The second-order valence-corrected chi connectivity index (χ2v) is 37.6. The van der Waals surface area contributed by atoms with Gasteiger partial charge in [-0.05, 0) is 167 Å². The lowest BCUT2D eigenvalue weighted by atomic mass is 9.33. The minimum absolute atomic E-state index is 0.000184. The van der Waals surface area contributed by atoms with E-state index in [4.69, 9.17) is 0 Å². The average Bonchev–Trinajstić information content (AvgIpc) is 1.70. The maximum atomic E-state index is 2.91. The first-order valence-electron chi connectivity index (χ1n) is 34.6. The van der Waals surface area contributed by atoms with Crippen molar-refractivity contribution in [2.75, 3.05) is 14.7 Å². The van der Waals surface area contributed by atoms with E-state index < -0.39 is 16.1 Å². The van der Waals surface area contributed by atoms with E-state index in [0.717, 1.165) is 29.9 Å². The van der Waals surface area contributed by atoms with E-state index in [9.17, 15) is 0 Å². The van der Waals surface area contributed by atoms with Gasteiger partial charge in [-0.3, -0.25) is 0 Å². The van der Waals surface area contributed by atoms with Gasteiger partial charge in [-0.25, -0.2) is 0 Å². The molecule has 3 heterocycles. The van der Waals surface area contributed by atoms with Crippen molar-refractivity contribution in [2.24, 2.45) is 0 Å². The van der Waals surface area contributed by atoms with Crippen LogP contribution in [-0.4, -0.2) is 28.4 Å². The fourth-order valence-electron chi connectivity index (χ4n) is 17.8. The molecule has 12 aromatic carbocycles. The number of benzene rings is 12. The molecular formula is C89H84BN3Si2. The third-order valence-corrected chi connectivity index (χ3v) is 32.2. The Kier molecular flexibility index (Phi) is 14.6. The third-order valence-electron chi connectivity index (χ3n) is 22.6. The molecule has 6 heteroatoms. The van der Waals surface area contributed by atoms with Crippen molar-refractivity contribution in [1.82, 2.24) is 0 Å². The zero-order valence-electron chi connectivity index (χ0n) is 56.5. The van der Waals surface area contributed by atoms with Crippen LogP contribution in [0.25, 0.3) is 0 Å². The molecule has 12 aromatic rings. The van der Waals surface area contributed by atoms with E-state index in [2.05, 4.69) is 374 Å². The summed E-state index contributed by atoms with van der Waals surface area (Å²) in [6, 6.07) is 115. The Hall–Kier alpha value is -9.46. The number of nitrogens with zero attached hydrogens (tertiary/aromatic N) is 3. The normalized spacial score (nSPS) is 17.2. The Morgan fingerprint density at radius 2 is 0.779 bits per heavy atom. The lowest BCUT2D eigenvalue weighted by Crippen LogP contribution is -2.74. The van der Waals surface area contributed by atoms with Crippen LogP contribution in [-0.2, 0) is 16.2 Å². The highest BCUT2D eigenvalue weighted by molar-refractivity contribution is 7.20. The molecule has 0 bridgehead atoms. The molecule has 0 radical (unpaired) electrons. The molecular weight excluding hydrogens is 1180 g/mol. The van der Waals surface area contributed by atoms with Crippen molar-refractivity contribution >= 4 is 126 Å². The lowest BCUT2D eigenvalue weighted by Gasteiger charge is -2.53. The number of hydrogen-bond donors (Lipinski definition) is 0. The molecule has 3 aliphatic heterocycles. The molecule has 4 aliphatic rings. The fourth-order valence-corrected chi connectivity index (χ4v) is 27.2. The molecule has 466 valence electrons. The Morgan fingerprint density at radius 1 is 0.379 bits per heavy atom. The van der Waals surface area contributed by atoms with E-state index in [0.29, 0.717) is 0 Å². The summed E-state index contributed by atoms with van der Waals surface area (Å²) in [4.78, 5) is 8.17. The minimum Gasteiger partial charge on any atom is -0.335 e. The summed E-state index contributed by atoms with van der Waals surface area (Å²) in [5.74, 6) is 0. The van der Waals surface area contributed by atoms with Gasteiger partial charge in [0.05, 0.1) is 11.2 Å². The van der Waals surface area contributed by atoms with Gasteiger partial charge in [-0.15, -0.1) is 0 Å². The molecule has 2 unspecified atom stereocenters. The first kappa shape index (κ1) is 60.5. The summed E-state index contributed by atoms with van der Waals surface area (Å²) in [6.45, 7) is 21.7. The highest BCUT2D eigenvalue weighted by Crippen LogP contribution is 2.62. The molecule has 0 aromatic heterocycles. The van der Waals surface area contributed by atoms with Crippen molar-refractivity contribution < 1.29 is 0 Å². The Labute approximate surface area is 566 Å². The second-order valence-electron chi connectivity index (χ2n) is 30.0. The van der Waals surface area contributed by atoms with Gasteiger partial charge in [0.2, 0.25) is 0 Å². The number of fused-ring (bicyclic) bond motifs is 7. The third kappa shape index (κ3) is 9.40. The number of hydrogen-bond acceptors (Lipinski definition) is 3. The smallest absolute Gasteiger partial charge is 0.252 e.